The van der Waals surface area contributed by atoms with Crippen LogP contribution in [0.25, 0.3) is 0 Å². The summed E-state index contributed by atoms with van der Waals surface area (Å²) in [6.07, 6.45) is 0. The van der Waals surface area contributed by atoms with Gasteiger partial charge >= 0.3 is 0 Å². The van der Waals surface area contributed by atoms with Crippen LogP contribution in [-0.4, -0.2) is 20.1 Å². The molecular weight excluding hydrogens is 258 g/mol. The van der Waals surface area contributed by atoms with Crippen LogP contribution in [0.2, 0.25) is 0 Å². The maximum Gasteiger partial charge on any atom is 0.263 e. The van der Waals surface area contributed by atoms with Gasteiger partial charge in [0.15, 0.2) is 5.60 Å². The minimum atomic E-state index is -0.842. The van der Waals surface area contributed by atoms with E-state index in [0.717, 1.165) is 15.7 Å². The zero-order valence-corrected chi connectivity index (χ0v) is 10.5. The maximum atomic E-state index is 12.0. The van der Waals surface area contributed by atoms with E-state index >= 15 is 0 Å². The lowest BCUT2D eigenvalue weighted by Crippen LogP contribution is -2.37. The number of nitrogens with zero attached hydrogens (tertiary/aromatic N) is 1. The lowest BCUT2D eigenvalue weighted by atomic mass is 9.98. The number of carbonyl (C=O) groups excluding carboxylic acids is 1. The van der Waals surface area contributed by atoms with Gasteiger partial charge in [0.2, 0.25) is 0 Å². The molecule has 1 aromatic rings. The number of anilines is 1. The molecule has 0 unspecified atom stereocenters. The number of methoxy groups -OCH3 is 1. The Balaban J connectivity index is 2.66. The van der Waals surface area contributed by atoms with Gasteiger partial charge in [0.05, 0.1) is 5.69 Å². The summed E-state index contributed by atoms with van der Waals surface area (Å²) in [6.45, 7) is 1.80. The van der Waals surface area contributed by atoms with E-state index in [1.165, 1.54) is 0 Å². The third-order valence-electron chi connectivity index (χ3n) is 2.96. The van der Waals surface area contributed by atoms with Gasteiger partial charge in [-0.05, 0) is 19.1 Å². The second kappa shape index (κ2) is 3.32. The van der Waals surface area contributed by atoms with Gasteiger partial charge in [0.25, 0.3) is 5.91 Å². The van der Waals surface area contributed by atoms with Crippen LogP contribution in [0.1, 0.15) is 12.5 Å². The van der Waals surface area contributed by atoms with Crippen molar-refractivity contribution < 1.29 is 9.53 Å². The van der Waals surface area contributed by atoms with Gasteiger partial charge in [-0.15, -0.1) is 0 Å². The quantitative estimate of drug-likeness (QED) is 0.783. The third-order valence-corrected chi connectivity index (χ3v) is 3.45. The molecule has 0 aliphatic carbocycles. The summed E-state index contributed by atoms with van der Waals surface area (Å²) in [5.41, 5.74) is 0.976. The van der Waals surface area contributed by atoms with E-state index in [-0.39, 0.29) is 5.91 Å². The average Bonchev–Trinajstić information content (AvgIpc) is 2.42. The van der Waals surface area contributed by atoms with E-state index in [0.29, 0.717) is 0 Å². The molecule has 1 aliphatic heterocycles. The van der Waals surface area contributed by atoms with Crippen LogP contribution < -0.4 is 4.90 Å². The summed E-state index contributed by atoms with van der Waals surface area (Å²) in [5, 5.41) is 0. The Bertz CT molecular complexity index is 433. The number of hydrogen-bond acceptors (Lipinski definition) is 2. The number of halogens is 1. The van der Waals surface area contributed by atoms with Crippen molar-refractivity contribution >= 4 is 27.5 Å². The molecule has 0 saturated carbocycles. The Kier molecular flexibility index (Phi) is 2.35. The third kappa shape index (κ3) is 1.32. The highest BCUT2D eigenvalue weighted by atomic mass is 79.9. The van der Waals surface area contributed by atoms with Crippen LogP contribution in [0.4, 0.5) is 5.69 Å². The Morgan fingerprint density at radius 1 is 1.47 bits per heavy atom. The van der Waals surface area contributed by atoms with Crippen LogP contribution in [0.15, 0.2) is 22.7 Å². The van der Waals surface area contributed by atoms with Crippen LogP contribution in [0.3, 0.4) is 0 Å². The molecule has 2 rings (SSSR count). The fourth-order valence-electron chi connectivity index (χ4n) is 1.93. The first-order valence-corrected chi connectivity index (χ1v) is 5.43. The Labute approximate surface area is 97.2 Å². The predicted molar refractivity (Wildman–Crippen MR) is 61.9 cm³/mol. The number of rotatable bonds is 1. The fraction of sp³-hybridized carbons (Fsp3) is 0.364. The molecule has 1 amide bonds. The molecule has 4 heteroatoms. The summed E-state index contributed by atoms with van der Waals surface area (Å²) < 4.78 is 6.30. The van der Waals surface area contributed by atoms with Crippen molar-refractivity contribution in [3.8, 4) is 0 Å². The molecule has 1 aromatic carbocycles. The molecule has 1 heterocycles. The van der Waals surface area contributed by atoms with Crippen molar-refractivity contribution in [2.45, 2.75) is 12.5 Å². The standard InChI is InChI=1S/C11H12BrNO2/c1-11(15-3)8-5-4-7(12)6-9(8)13(2)10(11)14/h4-6H,1-3H3/t11-/m0/s1. The number of ether oxygens (including phenoxy) is 1. The highest BCUT2D eigenvalue weighted by molar-refractivity contribution is 9.10. The lowest BCUT2D eigenvalue weighted by molar-refractivity contribution is -0.137. The minimum absolute atomic E-state index is 0.0295. The van der Waals surface area contributed by atoms with E-state index in [2.05, 4.69) is 15.9 Å². The zero-order valence-electron chi connectivity index (χ0n) is 8.87. The Morgan fingerprint density at radius 2 is 2.13 bits per heavy atom. The SMILES string of the molecule is CO[C@]1(C)C(=O)N(C)c2cc(Br)ccc21. The number of carbonyl (C=O) groups is 1. The van der Waals surface area contributed by atoms with Crippen LogP contribution >= 0.6 is 15.9 Å². The van der Waals surface area contributed by atoms with E-state index in [9.17, 15) is 4.79 Å². The Hall–Kier alpha value is -0.870. The van der Waals surface area contributed by atoms with Crippen molar-refractivity contribution in [3.63, 3.8) is 0 Å². The van der Waals surface area contributed by atoms with Gasteiger partial charge in [0, 0.05) is 24.2 Å². The molecule has 0 N–H and O–H groups in total. The first kappa shape index (κ1) is 10.6. The Morgan fingerprint density at radius 3 is 2.73 bits per heavy atom. The molecule has 1 atom stereocenters. The second-order valence-corrected chi connectivity index (χ2v) is 4.68. The normalized spacial score (nSPS) is 24.5. The monoisotopic (exact) mass is 269 g/mol. The number of hydrogen-bond donors (Lipinski definition) is 0. The molecular formula is C11H12BrNO2. The first-order chi connectivity index (χ1) is 7.00. The summed E-state index contributed by atoms with van der Waals surface area (Å²) in [7, 11) is 3.32. The smallest absolute Gasteiger partial charge is 0.263 e. The summed E-state index contributed by atoms with van der Waals surface area (Å²) in [4.78, 5) is 13.6. The van der Waals surface area contributed by atoms with Crippen molar-refractivity contribution in [2.75, 3.05) is 19.1 Å². The van der Waals surface area contributed by atoms with E-state index in [4.69, 9.17) is 4.74 Å². The molecule has 0 saturated heterocycles. The van der Waals surface area contributed by atoms with Gasteiger partial charge in [-0.25, -0.2) is 0 Å². The molecule has 0 radical (unpaired) electrons. The molecule has 0 spiro atoms. The topological polar surface area (TPSA) is 29.5 Å². The van der Waals surface area contributed by atoms with Gasteiger partial charge in [-0.3, -0.25) is 4.79 Å². The van der Waals surface area contributed by atoms with Gasteiger partial charge in [0.1, 0.15) is 0 Å². The number of amides is 1. The molecule has 15 heavy (non-hydrogen) atoms. The second-order valence-electron chi connectivity index (χ2n) is 3.76. The van der Waals surface area contributed by atoms with Crippen molar-refractivity contribution in [3.05, 3.63) is 28.2 Å². The maximum absolute atomic E-state index is 12.0. The number of fused-ring (bicyclic) bond motifs is 1. The largest absolute Gasteiger partial charge is 0.364 e. The van der Waals surface area contributed by atoms with Gasteiger partial charge in [-0.1, -0.05) is 22.0 Å². The van der Waals surface area contributed by atoms with Crippen LogP contribution in [-0.2, 0) is 15.1 Å². The molecule has 80 valence electrons. The highest BCUT2D eigenvalue weighted by Crippen LogP contribution is 2.42. The average molecular weight is 270 g/mol. The van der Waals surface area contributed by atoms with Crippen molar-refractivity contribution in [2.24, 2.45) is 0 Å². The van der Waals surface area contributed by atoms with E-state index < -0.39 is 5.60 Å². The summed E-state index contributed by atoms with van der Waals surface area (Å²) >= 11 is 3.39. The highest BCUT2D eigenvalue weighted by Gasteiger charge is 2.46. The van der Waals surface area contributed by atoms with Crippen molar-refractivity contribution in [1.82, 2.24) is 0 Å². The van der Waals surface area contributed by atoms with Crippen LogP contribution in [0.5, 0.6) is 0 Å². The molecule has 1 aliphatic rings. The minimum Gasteiger partial charge on any atom is -0.364 e. The number of benzene rings is 1. The first-order valence-electron chi connectivity index (χ1n) is 4.64. The van der Waals surface area contributed by atoms with Gasteiger partial charge < -0.3 is 9.64 Å². The summed E-state index contributed by atoms with van der Waals surface area (Å²) in [5.74, 6) is -0.0295. The molecule has 0 aromatic heterocycles. The summed E-state index contributed by atoms with van der Waals surface area (Å²) in [6, 6.07) is 5.77. The lowest BCUT2D eigenvalue weighted by Gasteiger charge is -2.20. The molecule has 0 fully saturated rings. The predicted octanol–water partition coefficient (Wildman–Crippen LogP) is 2.29. The van der Waals surface area contributed by atoms with E-state index in [1.807, 2.05) is 18.2 Å². The number of likely N-dealkylation sites (N-methyl/N-ethyl adjacent to an activating group) is 1. The fourth-order valence-corrected chi connectivity index (χ4v) is 2.28. The van der Waals surface area contributed by atoms with Crippen molar-refractivity contribution in [1.29, 1.82) is 0 Å². The van der Waals surface area contributed by atoms with Gasteiger partial charge in [-0.2, -0.15) is 0 Å². The molecule has 0 bridgehead atoms. The molecule has 3 nitrogen and oxygen atoms in total. The van der Waals surface area contributed by atoms with Crippen LogP contribution in [0, 0.1) is 0 Å². The van der Waals surface area contributed by atoms with E-state index in [1.54, 1.807) is 26.0 Å². The zero-order chi connectivity index (χ0) is 11.2.